The molecular weight excluding hydrogens is 641 g/mol. The fourth-order valence-corrected chi connectivity index (χ4v) is 8.47. The van der Waals surface area contributed by atoms with Gasteiger partial charge in [-0.1, -0.05) is 184 Å². The minimum absolute atomic E-state index is 0.0564. The maximum absolute atomic E-state index is 5.15. The average molecular weight is 677 g/mol. The van der Waals surface area contributed by atoms with Crippen molar-refractivity contribution in [3.8, 4) is 67.3 Å². The fraction of sp³-hybridized carbons (Fsp3) is 0.0588. The molecule has 0 aliphatic heterocycles. The van der Waals surface area contributed by atoms with Gasteiger partial charge in [-0.15, -0.1) is 0 Å². The average Bonchev–Trinajstić information content (AvgIpc) is 3.46. The van der Waals surface area contributed by atoms with E-state index in [0.29, 0.717) is 0 Å². The molecule has 0 bridgehead atoms. The first-order valence-corrected chi connectivity index (χ1v) is 18.3. The van der Waals surface area contributed by atoms with Gasteiger partial charge in [0.1, 0.15) is 0 Å². The third-order valence-electron chi connectivity index (χ3n) is 11.1. The normalized spacial score (nSPS) is 12.9. The van der Waals surface area contributed by atoms with Crippen LogP contribution in [-0.2, 0) is 5.41 Å². The van der Waals surface area contributed by atoms with E-state index in [1.807, 2.05) is 24.3 Å². The molecule has 8 aromatic carbocycles. The molecule has 1 aliphatic rings. The van der Waals surface area contributed by atoms with Gasteiger partial charge in [0.15, 0.2) is 5.82 Å². The third kappa shape index (κ3) is 5.18. The highest BCUT2D eigenvalue weighted by Gasteiger charge is 2.36. The van der Waals surface area contributed by atoms with Gasteiger partial charge in [-0.3, -0.25) is 0 Å². The minimum Gasteiger partial charge on any atom is -0.228 e. The molecule has 1 aliphatic carbocycles. The first-order valence-electron chi connectivity index (χ1n) is 18.3. The fourth-order valence-electron chi connectivity index (χ4n) is 8.47. The molecule has 0 saturated heterocycles. The first-order chi connectivity index (χ1) is 26.0. The molecular formula is C51H36N2. The SMILES string of the molecule is CC1(C)c2ccc(-c3ccc(-c4ccc(-c5cc(-c6ccccc6)nc(-c6ccccc6)n5)c5ccccc45)cc3)cc2-c2ccc3ccccc3c21. The number of rotatable bonds is 5. The van der Waals surface area contributed by atoms with Crippen LogP contribution in [-0.4, -0.2) is 9.97 Å². The van der Waals surface area contributed by atoms with Crippen LogP contribution < -0.4 is 0 Å². The Morgan fingerprint density at radius 2 is 0.925 bits per heavy atom. The van der Waals surface area contributed by atoms with Gasteiger partial charge < -0.3 is 0 Å². The monoisotopic (exact) mass is 676 g/mol. The lowest BCUT2D eigenvalue weighted by Gasteiger charge is -2.23. The van der Waals surface area contributed by atoms with E-state index in [1.54, 1.807) is 0 Å². The van der Waals surface area contributed by atoms with E-state index in [1.165, 1.54) is 66.1 Å². The Balaban J connectivity index is 1.04. The van der Waals surface area contributed by atoms with Crippen molar-refractivity contribution in [2.24, 2.45) is 0 Å². The van der Waals surface area contributed by atoms with Crippen molar-refractivity contribution >= 4 is 21.5 Å². The van der Waals surface area contributed by atoms with Crippen LogP contribution in [0.1, 0.15) is 25.0 Å². The molecule has 0 spiro atoms. The Bertz CT molecular complexity index is 2780. The van der Waals surface area contributed by atoms with E-state index in [4.69, 9.17) is 9.97 Å². The molecule has 0 unspecified atom stereocenters. The van der Waals surface area contributed by atoms with Crippen molar-refractivity contribution in [2.75, 3.05) is 0 Å². The Kier molecular flexibility index (Phi) is 7.19. The third-order valence-corrected chi connectivity index (χ3v) is 11.1. The van der Waals surface area contributed by atoms with Gasteiger partial charge in [0.05, 0.1) is 11.4 Å². The summed E-state index contributed by atoms with van der Waals surface area (Å²) in [6, 6.07) is 65.3. The van der Waals surface area contributed by atoms with Gasteiger partial charge in [0.2, 0.25) is 0 Å². The van der Waals surface area contributed by atoms with Crippen molar-refractivity contribution in [3.63, 3.8) is 0 Å². The van der Waals surface area contributed by atoms with E-state index in [9.17, 15) is 0 Å². The first kappa shape index (κ1) is 31.1. The number of nitrogens with zero attached hydrogens (tertiary/aromatic N) is 2. The van der Waals surface area contributed by atoms with Crippen LogP contribution in [0.15, 0.2) is 182 Å². The van der Waals surface area contributed by atoms with Gasteiger partial charge in [-0.25, -0.2) is 9.97 Å². The van der Waals surface area contributed by atoms with Crippen LogP contribution in [0, 0.1) is 0 Å². The van der Waals surface area contributed by atoms with Crippen LogP contribution in [0.5, 0.6) is 0 Å². The Hall–Kier alpha value is -6.64. The molecule has 9 aromatic rings. The number of benzene rings is 8. The Morgan fingerprint density at radius 3 is 1.68 bits per heavy atom. The topological polar surface area (TPSA) is 25.8 Å². The largest absolute Gasteiger partial charge is 0.228 e. The highest BCUT2D eigenvalue weighted by molar-refractivity contribution is 6.05. The smallest absolute Gasteiger partial charge is 0.160 e. The second-order valence-corrected chi connectivity index (χ2v) is 14.6. The number of hydrogen-bond acceptors (Lipinski definition) is 2. The summed E-state index contributed by atoms with van der Waals surface area (Å²) in [6.45, 7) is 4.73. The second kappa shape index (κ2) is 12.3. The van der Waals surface area contributed by atoms with Crippen LogP contribution >= 0.6 is 0 Å². The molecule has 0 amide bonds. The van der Waals surface area contributed by atoms with Gasteiger partial charge >= 0.3 is 0 Å². The van der Waals surface area contributed by atoms with Crippen LogP contribution in [0.2, 0.25) is 0 Å². The zero-order chi connectivity index (χ0) is 35.5. The van der Waals surface area contributed by atoms with Gasteiger partial charge in [0.25, 0.3) is 0 Å². The molecule has 2 nitrogen and oxygen atoms in total. The second-order valence-electron chi connectivity index (χ2n) is 14.6. The molecule has 0 N–H and O–H groups in total. The molecule has 1 heterocycles. The minimum atomic E-state index is -0.0564. The number of hydrogen-bond donors (Lipinski definition) is 0. The van der Waals surface area contributed by atoms with Gasteiger partial charge in [-0.05, 0) is 78.2 Å². The summed E-state index contributed by atoms with van der Waals surface area (Å²) in [4.78, 5) is 10.2. The zero-order valence-corrected chi connectivity index (χ0v) is 29.7. The molecule has 1 aromatic heterocycles. The standard InChI is InChI=1S/C51H36N2/c1-51(2)46-30-26-38(31-45(46)44-27-25-34-13-9-10-18-40(34)49(44)51)33-21-23-35(24-22-33)39-28-29-43(42-20-12-11-19-41(39)42)48-32-47(36-14-5-3-6-15-36)52-50(53-48)37-16-7-4-8-17-37/h3-32H,1-2H3. The van der Waals surface area contributed by atoms with Crippen LogP contribution in [0.3, 0.4) is 0 Å². The van der Waals surface area contributed by atoms with E-state index in [-0.39, 0.29) is 5.41 Å². The maximum Gasteiger partial charge on any atom is 0.160 e. The Labute approximate surface area is 310 Å². The number of aromatic nitrogens is 2. The number of fused-ring (bicyclic) bond motifs is 6. The molecule has 53 heavy (non-hydrogen) atoms. The predicted octanol–water partition coefficient (Wildman–Crippen LogP) is 13.4. The molecule has 0 saturated carbocycles. The quantitative estimate of drug-likeness (QED) is 0.181. The lowest BCUT2D eigenvalue weighted by Crippen LogP contribution is -2.15. The van der Waals surface area contributed by atoms with E-state index < -0.39 is 0 Å². The molecule has 2 heteroatoms. The highest BCUT2D eigenvalue weighted by atomic mass is 14.9. The zero-order valence-electron chi connectivity index (χ0n) is 29.7. The lowest BCUT2D eigenvalue weighted by molar-refractivity contribution is 0.666. The predicted molar refractivity (Wildman–Crippen MR) is 222 cm³/mol. The van der Waals surface area contributed by atoms with Crippen molar-refractivity contribution < 1.29 is 0 Å². The summed E-state index contributed by atoms with van der Waals surface area (Å²) < 4.78 is 0. The Morgan fingerprint density at radius 1 is 0.358 bits per heavy atom. The van der Waals surface area contributed by atoms with Crippen molar-refractivity contribution in [1.29, 1.82) is 0 Å². The lowest BCUT2D eigenvalue weighted by atomic mass is 9.80. The van der Waals surface area contributed by atoms with E-state index in [0.717, 1.165) is 33.9 Å². The molecule has 0 atom stereocenters. The molecule has 0 radical (unpaired) electrons. The molecule has 250 valence electrons. The summed E-state index contributed by atoms with van der Waals surface area (Å²) >= 11 is 0. The van der Waals surface area contributed by atoms with E-state index >= 15 is 0 Å². The highest BCUT2D eigenvalue weighted by Crippen LogP contribution is 2.52. The summed E-state index contributed by atoms with van der Waals surface area (Å²) in [5, 5.41) is 5.01. The van der Waals surface area contributed by atoms with E-state index in [2.05, 4.69) is 172 Å². The van der Waals surface area contributed by atoms with Crippen molar-refractivity contribution in [2.45, 2.75) is 19.3 Å². The summed E-state index contributed by atoms with van der Waals surface area (Å²) in [6.07, 6.45) is 0. The summed E-state index contributed by atoms with van der Waals surface area (Å²) in [5.74, 6) is 0.720. The molecule has 10 rings (SSSR count). The van der Waals surface area contributed by atoms with Crippen LogP contribution in [0.25, 0.3) is 88.8 Å². The van der Waals surface area contributed by atoms with Crippen molar-refractivity contribution in [3.05, 3.63) is 193 Å². The van der Waals surface area contributed by atoms with Gasteiger partial charge in [-0.2, -0.15) is 0 Å². The van der Waals surface area contributed by atoms with Crippen molar-refractivity contribution in [1.82, 2.24) is 9.97 Å². The molecule has 0 fully saturated rings. The summed E-state index contributed by atoms with van der Waals surface area (Å²) in [7, 11) is 0. The van der Waals surface area contributed by atoms with Crippen LogP contribution in [0.4, 0.5) is 0 Å². The maximum atomic E-state index is 5.15. The van der Waals surface area contributed by atoms with Gasteiger partial charge in [0, 0.05) is 22.1 Å². The summed E-state index contributed by atoms with van der Waals surface area (Å²) in [5.41, 5.74) is 15.3.